The number of nitrogens with zero attached hydrogens (tertiary/aromatic N) is 2. The van der Waals surface area contributed by atoms with Crippen molar-refractivity contribution in [1.82, 2.24) is 15.1 Å². The van der Waals surface area contributed by atoms with Crippen LogP contribution in [0.4, 0.5) is 0 Å². The van der Waals surface area contributed by atoms with Gasteiger partial charge >= 0.3 is 0 Å². The first-order valence-corrected chi connectivity index (χ1v) is 8.69. The zero-order chi connectivity index (χ0) is 16.2. The number of benzene rings is 1. The fourth-order valence-electron chi connectivity index (χ4n) is 3.12. The van der Waals surface area contributed by atoms with Crippen molar-refractivity contribution in [3.63, 3.8) is 0 Å². The number of likely N-dealkylation sites (tertiary alicyclic amines) is 1. The molecule has 2 aliphatic rings. The standard InChI is InChI=1S/C16H21Cl2N3O2.ClH/c17-14-2-1-13(9-15(14)18)23-11-16(22)21-6-3-12(10-21)20-7-4-19-5-8-20;/h1-2,9,12,19H,3-8,10-11H2;1H. The van der Waals surface area contributed by atoms with Crippen molar-refractivity contribution in [3.8, 4) is 5.75 Å². The van der Waals surface area contributed by atoms with Crippen LogP contribution in [-0.4, -0.2) is 67.6 Å². The van der Waals surface area contributed by atoms with Crippen LogP contribution in [0.2, 0.25) is 10.0 Å². The van der Waals surface area contributed by atoms with Gasteiger partial charge in [0.2, 0.25) is 0 Å². The van der Waals surface area contributed by atoms with Gasteiger partial charge in [-0.1, -0.05) is 23.2 Å². The van der Waals surface area contributed by atoms with Crippen LogP contribution in [0.15, 0.2) is 18.2 Å². The fourth-order valence-corrected chi connectivity index (χ4v) is 3.40. The highest BCUT2D eigenvalue weighted by atomic mass is 35.5. The summed E-state index contributed by atoms with van der Waals surface area (Å²) in [7, 11) is 0. The summed E-state index contributed by atoms with van der Waals surface area (Å²) in [6.45, 7) is 5.82. The van der Waals surface area contributed by atoms with Gasteiger partial charge in [-0.25, -0.2) is 0 Å². The summed E-state index contributed by atoms with van der Waals surface area (Å²) in [5.41, 5.74) is 0. The molecule has 2 fully saturated rings. The van der Waals surface area contributed by atoms with E-state index in [0.29, 0.717) is 21.8 Å². The second-order valence-corrected chi connectivity index (χ2v) is 6.75. The molecule has 2 aliphatic heterocycles. The van der Waals surface area contributed by atoms with Crippen molar-refractivity contribution in [2.75, 3.05) is 45.9 Å². The molecule has 0 radical (unpaired) electrons. The van der Waals surface area contributed by atoms with Crippen LogP contribution in [0.25, 0.3) is 0 Å². The fraction of sp³-hybridized carbons (Fsp3) is 0.562. The van der Waals surface area contributed by atoms with Gasteiger partial charge in [-0.3, -0.25) is 9.69 Å². The van der Waals surface area contributed by atoms with Crippen LogP contribution in [0.3, 0.4) is 0 Å². The maximum absolute atomic E-state index is 12.3. The topological polar surface area (TPSA) is 44.8 Å². The molecule has 0 saturated carbocycles. The van der Waals surface area contributed by atoms with Gasteiger partial charge in [-0.05, 0) is 18.6 Å². The molecule has 3 rings (SSSR count). The molecule has 24 heavy (non-hydrogen) atoms. The second-order valence-electron chi connectivity index (χ2n) is 5.93. The number of nitrogens with one attached hydrogen (secondary N) is 1. The maximum atomic E-state index is 12.3. The van der Waals surface area contributed by atoms with Crippen LogP contribution in [-0.2, 0) is 4.79 Å². The lowest BCUT2D eigenvalue weighted by atomic mass is 10.2. The van der Waals surface area contributed by atoms with Crippen LogP contribution in [0, 0.1) is 0 Å². The SMILES string of the molecule is Cl.O=C(COc1ccc(Cl)c(Cl)c1)N1CCC(N2CCNCC2)C1. The quantitative estimate of drug-likeness (QED) is 0.851. The molecule has 1 amide bonds. The maximum Gasteiger partial charge on any atom is 0.260 e. The van der Waals surface area contributed by atoms with Crippen LogP contribution >= 0.6 is 35.6 Å². The molecule has 134 valence electrons. The van der Waals surface area contributed by atoms with Crippen molar-refractivity contribution in [2.45, 2.75) is 12.5 Å². The normalized spacial score (nSPS) is 21.4. The van der Waals surface area contributed by atoms with Crippen LogP contribution in [0.5, 0.6) is 5.75 Å². The summed E-state index contributed by atoms with van der Waals surface area (Å²) < 4.78 is 5.54. The summed E-state index contributed by atoms with van der Waals surface area (Å²) in [5.74, 6) is 0.583. The van der Waals surface area contributed by atoms with Crippen molar-refractivity contribution >= 4 is 41.5 Å². The molecule has 1 aromatic rings. The van der Waals surface area contributed by atoms with E-state index in [1.165, 1.54) is 0 Å². The number of amides is 1. The minimum atomic E-state index is 0. The van der Waals surface area contributed by atoms with Crippen LogP contribution < -0.4 is 10.1 Å². The molecular formula is C16H22Cl3N3O2. The summed E-state index contributed by atoms with van der Waals surface area (Å²) in [4.78, 5) is 16.7. The van der Waals surface area contributed by atoms with E-state index in [4.69, 9.17) is 27.9 Å². The molecule has 8 heteroatoms. The molecule has 1 unspecified atom stereocenters. The third kappa shape index (κ3) is 4.90. The van der Waals surface area contributed by atoms with E-state index < -0.39 is 0 Å². The van der Waals surface area contributed by atoms with Crippen molar-refractivity contribution in [2.24, 2.45) is 0 Å². The lowest BCUT2D eigenvalue weighted by molar-refractivity contribution is -0.132. The van der Waals surface area contributed by atoms with Gasteiger partial charge in [0.05, 0.1) is 10.0 Å². The average molecular weight is 395 g/mol. The third-order valence-corrected chi connectivity index (χ3v) is 5.18. The first-order chi connectivity index (χ1) is 11.1. The number of ether oxygens (including phenoxy) is 1. The summed E-state index contributed by atoms with van der Waals surface area (Å²) >= 11 is 11.8. The Morgan fingerprint density at radius 1 is 1.21 bits per heavy atom. The van der Waals surface area contributed by atoms with E-state index in [2.05, 4.69) is 10.2 Å². The van der Waals surface area contributed by atoms with Gasteiger partial charge in [0.15, 0.2) is 6.61 Å². The lowest BCUT2D eigenvalue weighted by Gasteiger charge is -2.32. The average Bonchev–Trinajstić information content (AvgIpc) is 3.06. The lowest BCUT2D eigenvalue weighted by Crippen LogP contribution is -2.49. The summed E-state index contributed by atoms with van der Waals surface area (Å²) in [6, 6.07) is 5.49. The summed E-state index contributed by atoms with van der Waals surface area (Å²) in [5, 5.41) is 4.26. The van der Waals surface area contributed by atoms with Crippen molar-refractivity contribution in [1.29, 1.82) is 0 Å². The minimum absolute atomic E-state index is 0. The van der Waals surface area contributed by atoms with Gasteiger partial charge in [0, 0.05) is 51.4 Å². The van der Waals surface area contributed by atoms with Crippen molar-refractivity contribution < 1.29 is 9.53 Å². The molecule has 2 saturated heterocycles. The Morgan fingerprint density at radius 2 is 1.96 bits per heavy atom. The Bertz CT molecular complexity index is 567. The van der Waals surface area contributed by atoms with Gasteiger partial charge < -0.3 is 15.0 Å². The molecule has 1 N–H and O–H groups in total. The number of rotatable bonds is 4. The van der Waals surface area contributed by atoms with E-state index in [0.717, 1.165) is 45.7 Å². The number of hydrogen-bond donors (Lipinski definition) is 1. The summed E-state index contributed by atoms with van der Waals surface area (Å²) in [6.07, 6.45) is 1.04. The van der Waals surface area contributed by atoms with Crippen LogP contribution in [0.1, 0.15) is 6.42 Å². The molecule has 1 aromatic carbocycles. The van der Waals surface area contributed by atoms with E-state index in [1.807, 2.05) is 4.90 Å². The second kappa shape index (κ2) is 9.11. The van der Waals surface area contributed by atoms with E-state index in [9.17, 15) is 4.79 Å². The Morgan fingerprint density at radius 3 is 2.67 bits per heavy atom. The zero-order valence-corrected chi connectivity index (χ0v) is 15.7. The number of halogens is 3. The largest absolute Gasteiger partial charge is 0.484 e. The van der Waals surface area contributed by atoms with Gasteiger partial charge in [0.1, 0.15) is 5.75 Å². The van der Waals surface area contributed by atoms with Crippen molar-refractivity contribution in [3.05, 3.63) is 28.2 Å². The number of hydrogen-bond acceptors (Lipinski definition) is 4. The molecule has 5 nitrogen and oxygen atoms in total. The Balaban J connectivity index is 0.00000208. The first kappa shape index (κ1) is 19.6. The zero-order valence-electron chi connectivity index (χ0n) is 13.3. The highest BCUT2D eigenvalue weighted by Gasteiger charge is 2.30. The molecule has 0 spiro atoms. The van der Waals surface area contributed by atoms with Gasteiger partial charge in [-0.2, -0.15) is 0 Å². The molecule has 2 heterocycles. The van der Waals surface area contributed by atoms with E-state index in [-0.39, 0.29) is 24.9 Å². The van der Waals surface area contributed by atoms with Gasteiger partial charge in [0.25, 0.3) is 5.91 Å². The number of carbonyl (C=O) groups is 1. The Hall–Kier alpha value is -0.720. The number of carbonyl (C=O) groups excluding carboxylic acids is 1. The molecule has 1 atom stereocenters. The predicted molar refractivity (Wildman–Crippen MR) is 98.6 cm³/mol. The minimum Gasteiger partial charge on any atom is -0.484 e. The third-order valence-electron chi connectivity index (χ3n) is 4.44. The molecule has 0 aliphatic carbocycles. The van der Waals surface area contributed by atoms with E-state index in [1.54, 1.807) is 18.2 Å². The highest BCUT2D eigenvalue weighted by molar-refractivity contribution is 6.42. The Labute approximate surface area is 158 Å². The smallest absolute Gasteiger partial charge is 0.260 e. The Kier molecular flexibility index (Phi) is 7.44. The highest BCUT2D eigenvalue weighted by Crippen LogP contribution is 2.26. The predicted octanol–water partition coefficient (Wildman–Crippen LogP) is 2.30. The monoisotopic (exact) mass is 393 g/mol. The molecule has 0 bridgehead atoms. The van der Waals surface area contributed by atoms with Gasteiger partial charge in [-0.15, -0.1) is 12.4 Å². The van der Waals surface area contributed by atoms with E-state index >= 15 is 0 Å². The molecule has 0 aromatic heterocycles. The molecular weight excluding hydrogens is 373 g/mol. The first-order valence-electron chi connectivity index (χ1n) is 7.94. The number of piperazine rings is 1.